The SMILES string of the molecule is NS(=O)(=O)c1ccc(OCCOC(=O)c2cccnc2SC(F)F)cc1. The van der Waals surface area contributed by atoms with Crippen LogP contribution in [0.15, 0.2) is 52.5 Å². The van der Waals surface area contributed by atoms with E-state index in [0.717, 1.165) is 0 Å². The number of sulfonamides is 1. The Morgan fingerprint density at radius 3 is 2.50 bits per heavy atom. The van der Waals surface area contributed by atoms with Gasteiger partial charge in [-0.1, -0.05) is 0 Å². The van der Waals surface area contributed by atoms with Crippen molar-refractivity contribution < 1.29 is 31.5 Å². The monoisotopic (exact) mass is 404 g/mol. The van der Waals surface area contributed by atoms with Gasteiger partial charge >= 0.3 is 5.97 Å². The van der Waals surface area contributed by atoms with Crippen molar-refractivity contribution in [3.8, 4) is 5.75 Å². The minimum Gasteiger partial charge on any atom is -0.490 e. The molecule has 0 spiro atoms. The van der Waals surface area contributed by atoms with Gasteiger partial charge in [0.15, 0.2) is 0 Å². The minimum atomic E-state index is -3.79. The first-order valence-corrected chi connectivity index (χ1v) is 9.52. The highest BCUT2D eigenvalue weighted by Crippen LogP contribution is 2.26. The lowest BCUT2D eigenvalue weighted by atomic mass is 10.3. The standard InChI is InChI=1S/C15H14F2N2O5S2/c16-15(17)25-13-12(2-1-7-19-13)14(20)24-9-8-23-10-3-5-11(6-4-10)26(18,21)22/h1-7,15H,8-9H2,(H2,18,21,22). The van der Waals surface area contributed by atoms with E-state index in [1.807, 2.05) is 0 Å². The molecule has 0 amide bonds. The maximum atomic E-state index is 12.5. The van der Waals surface area contributed by atoms with Crippen LogP contribution in [0.25, 0.3) is 0 Å². The summed E-state index contributed by atoms with van der Waals surface area (Å²) < 4.78 is 57.5. The van der Waals surface area contributed by atoms with Gasteiger partial charge in [-0.05, 0) is 48.2 Å². The number of hydrogen-bond acceptors (Lipinski definition) is 7. The van der Waals surface area contributed by atoms with Crippen molar-refractivity contribution >= 4 is 27.8 Å². The lowest BCUT2D eigenvalue weighted by Gasteiger charge is -2.09. The molecule has 0 aliphatic rings. The molecular formula is C15H14F2N2O5S2. The molecule has 1 aromatic heterocycles. The summed E-state index contributed by atoms with van der Waals surface area (Å²) in [6.07, 6.45) is 1.30. The van der Waals surface area contributed by atoms with E-state index in [2.05, 4.69) is 4.98 Å². The van der Waals surface area contributed by atoms with Crippen LogP contribution in [-0.4, -0.2) is 38.3 Å². The molecule has 2 rings (SSSR count). The molecule has 7 nitrogen and oxygen atoms in total. The first-order chi connectivity index (χ1) is 12.3. The van der Waals surface area contributed by atoms with Crippen LogP contribution < -0.4 is 9.88 Å². The number of halogens is 2. The molecule has 140 valence electrons. The zero-order valence-electron chi connectivity index (χ0n) is 13.2. The third-order valence-corrected chi connectivity index (χ3v) is 4.59. The van der Waals surface area contributed by atoms with Gasteiger partial charge in [0, 0.05) is 6.20 Å². The Bertz CT molecular complexity index is 861. The zero-order valence-corrected chi connectivity index (χ0v) is 14.8. The van der Waals surface area contributed by atoms with Crippen LogP contribution in [0.1, 0.15) is 10.4 Å². The number of carbonyl (C=O) groups is 1. The van der Waals surface area contributed by atoms with E-state index in [9.17, 15) is 22.0 Å². The molecule has 2 N–H and O–H groups in total. The van der Waals surface area contributed by atoms with E-state index in [-0.39, 0.29) is 40.5 Å². The summed E-state index contributed by atoms with van der Waals surface area (Å²) in [5.41, 5.74) is -0.0599. The van der Waals surface area contributed by atoms with Gasteiger partial charge in [0.25, 0.3) is 5.76 Å². The smallest absolute Gasteiger partial charge is 0.341 e. The number of nitrogens with zero attached hydrogens (tertiary/aromatic N) is 1. The Balaban J connectivity index is 1.86. The number of hydrogen-bond donors (Lipinski definition) is 1. The van der Waals surface area contributed by atoms with Crippen molar-refractivity contribution in [3.63, 3.8) is 0 Å². The second-order valence-electron chi connectivity index (χ2n) is 4.74. The molecule has 0 radical (unpaired) electrons. The van der Waals surface area contributed by atoms with Gasteiger partial charge in [0.1, 0.15) is 24.0 Å². The van der Waals surface area contributed by atoms with Crippen molar-refractivity contribution in [2.45, 2.75) is 15.7 Å². The van der Waals surface area contributed by atoms with Gasteiger partial charge in [-0.3, -0.25) is 0 Å². The summed E-state index contributed by atoms with van der Waals surface area (Å²) in [5.74, 6) is -3.15. The predicted molar refractivity (Wildman–Crippen MR) is 89.7 cm³/mol. The molecule has 0 unspecified atom stereocenters. The number of esters is 1. The average Bonchev–Trinajstić information content (AvgIpc) is 2.58. The van der Waals surface area contributed by atoms with Crippen molar-refractivity contribution in [3.05, 3.63) is 48.2 Å². The minimum absolute atomic E-state index is 0.0158. The maximum absolute atomic E-state index is 12.5. The first kappa shape index (κ1) is 20.1. The number of rotatable bonds is 8. The van der Waals surface area contributed by atoms with E-state index < -0.39 is 21.8 Å². The number of carbonyl (C=O) groups excluding carboxylic acids is 1. The zero-order chi connectivity index (χ0) is 19.2. The van der Waals surface area contributed by atoms with Crippen molar-refractivity contribution in [1.29, 1.82) is 0 Å². The second kappa shape index (κ2) is 8.92. The summed E-state index contributed by atoms with van der Waals surface area (Å²) in [7, 11) is -3.79. The van der Waals surface area contributed by atoms with Crippen LogP contribution in [-0.2, 0) is 14.8 Å². The van der Waals surface area contributed by atoms with Crippen molar-refractivity contribution in [2.24, 2.45) is 5.14 Å². The highest BCUT2D eigenvalue weighted by atomic mass is 32.2. The molecule has 0 saturated carbocycles. The molecule has 1 heterocycles. The molecule has 1 aromatic carbocycles. The van der Waals surface area contributed by atoms with E-state index in [1.165, 1.54) is 42.6 Å². The van der Waals surface area contributed by atoms with Crippen molar-refractivity contribution in [1.82, 2.24) is 4.98 Å². The topological polar surface area (TPSA) is 109 Å². The second-order valence-corrected chi connectivity index (χ2v) is 7.28. The van der Waals surface area contributed by atoms with Gasteiger partial charge in [-0.15, -0.1) is 0 Å². The van der Waals surface area contributed by atoms with Gasteiger partial charge in [0.05, 0.1) is 10.5 Å². The fourth-order valence-corrected chi connectivity index (χ4v) is 2.91. The lowest BCUT2D eigenvalue weighted by molar-refractivity contribution is 0.0445. The van der Waals surface area contributed by atoms with E-state index >= 15 is 0 Å². The summed E-state index contributed by atoms with van der Waals surface area (Å²) in [5, 5.41) is 4.86. The van der Waals surface area contributed by atoms with Crippen LogP contribution in [0, 0.1) is 0 Å². The van der Waals surface area contributed by atoms with Gasteiger partial charge in [-0.2, -0.15) is 8.78 Å². The van der Waals surface area contributed by atoms with E-state index in [1.54, 1.807) is 0 Å². The number of alkyl halides is 2. The van der Waals surface area contributed by atoms with Crippen LogP contribution in [0.2, 0.25) is 0 Å². The number of ether oxygens (including phenoxy) is 2. The summed E-state index contributed by atoms with van der Waals surface area (Å²) in [6.45, 7) is -0.151. The fourth-order valence-electron chi connectivity index (χ4n) is 1.82. The third kappa shape index (κ3) is 5.93. The van der Waals surface area contributed by atoms with Gasteiger partial charge in [0.2, 0.25) is 10.0 Å². The fraction of sp³-hybridized carbons (Fsp3) is 0.200. The van der Waals surface area contributed by atoms with Crippen LogP contribution in [0.4, 0.5) is 8.78 Å². The molecule has 0 atom stereocenters. The molecule has 26 heavy (non-hydrogen) atoms. The van der Waals surface area contributed by atoms with E-state index in [0.29, 0.717) is 5.75 Å². The van der Waals surface area contributed by atoms with Gasteiger partial charge in [-0.25, -0.2) is 23.3 Å². The number of pyridine rings is 1. The summed E-state index contributed by atoms with van der Waals surface area (Å²) >= 11 is 0.157. The molecule has 0 saturated heterocycles. The Labute approximate surface area is 152 Å². The lowest BCUT2D eigenvalue weighted by Crippen LogP contribution is -2.14. The molecule has 11 heteroatoms. The Morgan fingerprint density at radius 1 is 1.19 bits per heavy atom. The van der Waals surface area contributed by atoms with Crippen molar-refractivity contribution in [2.75, 3.05) is 13.2 Å². The number of nitrogens with two attached hydrogens (primary N) is 1. The highest BCUT2D eigenvalue weighted by molar-refractivity contribution is 7.99. The highest BCUT2D eigenvalue weighted by Gasteiger charge is 2.17. The van der Waals surface area contributed by atoms with Crippen LogP contribution >= 0.6 is 11.8 Å². The number of thioether (sulfide) groups is 1. The molecule has 0 bridgehead atoms. The maximum Gasteiger partial charge on any atom is 0.341 e. The summed E-state index contributed by atoms with van der Waals surface area (Å²) in [6, 6.07) is 8.14. The van der Waals surface area contributed by atoms with Gasteiger partial charge < -0.3 is 9.47 Å². The third-order valence-electron chi connectivity index (χ3n) is 2.93. The Hall–Kier alpha value is -2.24. The average molecular weight is 404 g/mol. The number of benzene rings is 1. The van der Waals surface area contributed by atoms with Crippen LogP contribution in [0.5, 0.6) is 5.75 Å². The molecule has 0 fully saturated rings. The molecule has 0 aliphatic heterocycles. The number of primary sulfonamides is 1. The van der Waals surface area contributed by atoms with Crippen LogP contribution in [0.3, 0.4) is 0 Å². The molecule has 0 aliphatic carbocycles. The summed E-state index contributed by atoms with van der Waals surface area (Å²) in [4.78, 5) is 15.6. The number of aromatic nitrogens is 1. The predicted octanol–water partition coefficient (Wildman–Crippen LogP) is 2.28. The van der Waals surface area contributed by atoms with E-state index in [4.69, 9.17) is 14.6 Å². The Kier molecular flexibility index (Phi) is 6.89. The first-order valence-electron chi connectivity index (χ1n) is 7.10. The quantitative estimate of drug-likeness (QED) is 0.408. The molecule has 2 aromatic rings. The normalized spacial score (nSPS) is 11.4. The Morgan fingerprint density at radius 2 is 1.88 bits per heavy atom. The molecular weight excluding hydrogens is 390 g/mol. The largest absolute Gasteiger partial charge is 0.490 e.